The number of rotatable bonds is 6. The van der Waals surface area contributed by atoms with Crippen molar-refractivity contribution in [2.45, 2.75) is 33.4 Å². The predicted octanol–water partition coefficient (Wildman–Crippen LogP) is 2.06. The Kier molecular flexibility index (Phi) is 5.14. The minimum Gasteiger partial charge on any atom is -0.368 e. The highest BCUT2D eigenvalue weighted by Gasteiger charge is 2.15. The number of pyridine rings is 1. The number of aromatic nitrogens is 3. The molecule has 1 unspecified atom stereocenters. The lowest BCUT2D eigenvalue weighted by atomic mass is 10.2. The van der Waals surface area contributed by atoms with E-state index in [1.54, 1.807) is 29.7 Å². The molecule has 1 atom stereocenters. The van der Waals surface area contributed by atoms with E-state index in [0.29, 0.717) is 29.0 Å². The van der Waals surface area contributed by atoms with Crippen LogP contribution in [0.25, 0.3) is 5.65 Å². The number of halogens is 1. The first-order chi connectivity index (χ1) is 9.97. The summed E-state index contributed by atoms with van der Waals surface area (Å²) in [5, 5.41) is 11.4. The van der Waals surface area contributed by atoms with E-state index in [9.17, 15) is 4.79 Å². The van der Waals surface area contributed by atoms with Gasteiger partial charge in [-0.1, -0.05) is 25.4 Å². The normalized spacial score (nSPS) is 12.8. The molecule has 0 radical (unpaired) electrons. The van der Waals surface area contributed by atoms with Crippen molar-refractivity contribution in [2.24, 2.45) is 5.92 Å². The third kappa shape index (κ3) is 4.15. The summed E-state index contributed by atoms with van der Waals surface area (Å²) >= 11 is 5.95. The first-order valence-corrected chi connectivity index (χ1v) is 7.23. The van der Waals surface area contributed by atoms with Crippen molar-refractivity contribution in [3.8, 4) is 0 Å². The van der Waals surface area contributed by atoms with E-state index in [0.717, 1.165) is 0 Å². The molecule has 0 aliphatic heterocycles. The van der Waals surface area contributed by atoms with Gasteiger partial charge in [0.2, 0.25) is 5.91 Å². The van der Waals surface area contributed by atoms with Gasteiger partial charge in [-0.05, 0) is 25.0 Å². The Morgan fingerprint density at radius 2 is 2.14 bits per heavy atom. The van der Waals surface area contributed by atoms with Gasteiger partial charge in [0, 0.05) is 12.8 Å². The third-order valence-corrected chi connectivity index (χ3v) is 3.13. The Morgan fingerprint density at radius 1 is 1.38 bits per heavy atom. The van der Waals surface area contributed by atoms with Crippen molar-refractivity contribution in [3.63, 3.8) is 0 Å². The lowest BCUT2D eigenvalue weighted by Gasteiger charge is -2.14. The third-order valence-electron chi connectivity index (χ3n) is 2.91. The van der Waals surface area contributed by atoms with Crippen LogP contribution in [0.4, 0.5) is 0 Å². The van der Waals surface area contributed by atoms with Crippen LogP contribution >= 0.6 is 11.6 Å². The molecule has 0 aliphatic rings. The number of carbonyl (C=O) groups excluding carboxylic acids is 1. The Bertz CT molecular complexity index is 626. The van der Waals surface area contributed by atoms with Crippen LogP contribution in [-0.2, 0) is 16.1 Å². The Morgan fingerprint density at radius 3 is 2.86 bits per heavy atom. The van der Waals surface area contributed by atoms with E-state index < -0.39 is 6.10 Å². The van der Waals surface area contributed by atoms with Gasteiger partial charge in [0.25, 0.3) is 0 Å². The van der Waals surface area contributed by atoms with Crippen LogP contribution in [0.1, 0.15) is 26.6 Å². The maximum atomic E-state index is 11.9. The number of nitrogens with one attached hydrogen (secondary N) is 1. The van der Waals surface area contributed by atoms with Gasteiger partial charge in [0.05, 0.1) is 11.6 Å². The van der Waals surface area contributed by atoms with Crippen LogP contribution in [0.5, 0.6) is 0 Å². The number of carbonyl (C=O) groups is 1. The largest absolute Gasteiger partial charge is 0.368 e. The van der Waals surface area contributed by atoms with Crippen molar-refractivity contribution in [2.75, 3.05) is 6.61 Å². The fourth-order valence-electron chi connectivity index (χ4n) is 1.76. The predicted molar refractivity (Wildman–Crippen MR) is 80.1 cm³/mol. The van der Waals surface area contributed by atoms with Crippen LogP contribution in [0.2, 0.25) is 5.02 Å². The molecule has 2 aromatic heterocycles. The summed E-state index contributed by atoms with van der Waals surface area (Å²) in [7, 11) is 0. The van der Waals surface area contributed by atoms with Crippen LogP contribution < -0.4 is 5.32 Å². The second-order valence-electron chi connectivity index (χ2n) is 5.28. The van der Waals surface area contributed by atoms with Gasteiger partial charge in [-0.2, -0.15) is 0 Å². The molecule has 2 heterocycles. The van der Waals surface area contributed by atoms with E-state index in [2.05, 4.69) is 15.5 Å². The maximum absolute atomic E-state index is 11.9. The summed E-state index contributed by atoms with van der Waals surface area (Å²) < 4.78 is 7.22. The highest BCUT2D eigenvalue weighted by Crippen LogP contribution is 2.11. The number of amides is 1. The topological polar surface area (TPSA) is 68.5 Å². The molecule has 6 nitrogen and oxygen atoms in total. The van der Waals surface area contributed by atoms with Crippen molar-refractivity contribution in [1.82, 2.24) is 19.9 Å². The van der Waals surface area contributed by atoms with E-state index in [1.807, 2.05) is 13.8 Å². The molecular weight excluding hydrogens is 292 g/mol. The molecule has 0 saturated heterocycles. The smallest absolute Gasteiger partial charge is 0.249 e. The maximum Gasteiger partial charge on any atom is 0.249 e. The van der Waals surface area contributed by atoms with Gasteiger partial charge < -0.3 is 10.1 Å². The molecule has 21 heavy (non-hydrogen) atoms. The molecular formula is C14H19ClN4O2. The van der Waals surface area contributed by atoms with Gasteiger partial charge in [-0.3, -0.25) is 9.20 Å². The van der Waals surface area contributed by atoms with Crippen molar-refractivity contribution >= 4 is 23.2 Å². The van der Waals surface area contributed by atoms with Crippen molar-refractivity contribution < 1.29 is 9.53 Å². The van der Waals surface area contributed by atoms with Gasteiger partial charge in [-0.15, -0.1) is 10.2 Å². The number of fused-ring (bicyclic) bond motifs is 1. The summed E-state index contributed by atoms with van der Waals surface area (Å²) in [6, 6.07) is 3.52. The molecule has 0 saturated carbocycles. The highest BCUT2D eigenvalue weighted by molar-refractivity contribution is 6.30. The average molecular weight is 311 g/mol. The van der Waals surface area contributed by atoms with Gasteiger partial charge in [-0.25, -0.2) is 0 Å². The first-order valence-electron chi connectivity index (χ1n) is 6.86. The van der Waals surface area contributed by atoms with E-state index in [1.165, 1.54) is 0 Å². The van der Waals surface area contributed by atoms with Crippen LogP contribution in [-0.4, -0.2) is 33.2 Å². The molecule has 0 bridgehead atoms. The second-order valence-corrected chi connectivity index (χ2v) is 5.72. The summed E-state index contributed by atoms with van der Waals surface area (Å²) in [4.78, 5) is 11.9. The molecule has 0 fully saturated rings. The van der Waals surface area contributed by atoms with E-state index >= 15 is 0 Å². The fourth-order valence-corrected chi connectivity index (χ4v) is 1.92. The van der Waals surface area contributed by atoms with Gasteiger partial charge in [0.15, 0.2) is 11.5 Å². The lowest BCUT2D eigenvalue weighted by molar-refractivity contribution is -0.132. The SMILES string of the molecule is CC(C)COC(C)C(=O)NCc1nnc2ccc(Cl)cn12. The molecule has 0 aliphatic carbocycles. The Labute approximate surface area is 128 Å². The molecule has 1 amide bonds. The fraction of sp³-hybridized carbons (Fsp3) is 0.500. The minimum atomic E-state index is -0.491. The number of nitrogens with zero attached hydrogens (tertiary/aromatic N) is 3. The average Bonchev–Trinajstić information content (AvgIpc) is 2.84. The van der Waals surface area contributed by atoms with Crippen LogP contribution in [0.15, 0.2) is 18.3 Å². The molecule has 114 valence electrons. The monoisotopic (exact) mass is 310 g/mol. The van der Waals surface area contributed by atoms with Crippen LogP contribution in [0.3, 0.4) is 0 Å². The first kappa shape index (κ1) is 15.7. The minimum absolute atomic E-state index is 0.172. The standard InChI is InChI=1S/C14H19ClN4O2/c1-9(2)8-21-10(3)14(20)16-6-13-18-17-12-5-4-11(15)7-19(12)13/h4-5,7,9-10H,6,8H2,1-3H3,(H,16,20). The molecule has 0 spiro atoms. The quantitative estimate of drug-likeness (QED) is 0.886. The molecule has 7 heteroatoms. The number of ether oxygens (including phenoxy) is 1. The van der Waals surface area contributed by atoms with Crippen molar-refractivity contribution in [1.29, 1.82) is 0 Å². The molecule has 2 rings (SSSR count). The second kappa shape index (κ2) is 6.87. The molecule has 2 aromatic rings. The summed E-state index contributed by atoms with van der Waals surface area (Å²) in [6.07, 6.45) is 1.23. The van der Waals surface area contributed by atoms with Crippen molar-refractivity contribution in [3.05, 3.63) is 29.2 Å². The molecule has 0 aromatic carbocycles. The zero-order chi connectivity index (χ0) is 15.4. The Balaban J connectivity index is 1.95. The summed E-state index contributed by atoms with van der Waals surface area (Å²) in [6.45, 7) is 6.64. The molecule has 1 N–H and O–H groups in total. The Hall–Kier alpha value is -1.66. The zero-order valence-corrected chi connectivity index (χ0v) is 13.1. The van der Waals surface area contributed by atoms with E-state index in [4.69, 9.17) is 16.3 Å². The lowest BCUT2D eigenvalue weighted by Crippen LogP contribution is -2.35. The summed E-state index contributed by atoms with van der Waals surface area (Å²) in [5.41, 5.74) is 0.688. The number of hydrogen-bond acceptors (Lipinski definition) is 4. The number of hydrogen-bond donors (Lipinski definition) is 1. The van der Waals surface area contributed by atoms with Gasteiger partial charge in [0.1, 0.15) is 6.10 Å². The van der Waals surface area contributed by atoms with Gasteiger partial charge >= 0.3 is 0 Å². The highest BCUT2D eigenvalue weighted by atomic mass is 35.5. The van der Waals surface area contributed by atoms with Crippen LogP contribution in [0, 0.1) is 5.92 Å². The van der Waals surface area contributed by atoms with E-state index in [-0.39, 0.29) is 12.5 Å². The zero-order valence-electron chi connectivity index (χ0n) is 12.3. The summed E-state index contributed by atoms with van der Waals surface area (Å²) in [5.74, 6) is 0.842.